The van der Waals surface area contributed by atoms with E-state index in [2.05, 4.69) is 10.1 Å². The standard InChI is InChI=1S/C23H31N5O3/c1-16(28-18(3)24-17(2)25-28)12-22(30)26-11-7-10-23(14-26)15-27(19(4)29)13-20-8-5-6-9-21(20)31-23/h5-6,8-9,16H,7,10-15H2,1-4H3. The zero-order valence-electron chi connectivity index (χ0n) is 18.8. The van der Waals surface area contributed by atoms with E-state index >= 15 is 0 Å². The molecule has 0 bridgehead atoms. The van der Waals surface area contributed by atoms with Crippen LogP contribution in [0.2, 0.25) is 0 Å². The van der Waals surface area contributed by atoms with Gasteiger partial charge in [-0.15, -0.1) is 0 Å². The molecular formula is C23H31N5O3. The van der Waals surface area contributed by atoms with Gasteiger partial charge < -0.3 is 14.5 Å². The quantitative estimate of drug-likeness (QED) is 0.755. The Labute approximate surface area is 183 Å². The number of carbonyl (C=O) groups is 2. The molecule has 2 atom stereocenters. The number of rotatable bonds is 3. The maximum atomic E-state index is 13.2. The van der Waals surface area contributed by atoms with E-state index in [0.29, 0.717) is 38.4 Å². The number of nitrogens with zero attached hydrogens (tertiary/aromatic N) is 5. The molecule has 31 heavy (non-hydrogen) atoms. The van der Waals surface area contributed by atoms with Gasteiger partial charge in [0.1, 0.15) is 23.0 Å². The van der Waals surface area contributed by atoms with Gasteiger partial charge in [0.15, 0.2) is 0 Å². The van der Waals surface area contributed by atoms with Crippen LogP contribution >= 0.6 is 0 Å². The summed E-state index contributed by atoms with van der Waals surface area (Å²) in [5.74, 6) is 2.43. The van der Waals surface area contributed by atoms with Crippen molar-refractivity contribution in [2.24, 2.45) is 0 Å². The van der Waals surface area contributed by atoms with Crippen molar-refractivity contribution in [1.29, 1.82) is 0 Å². The van der Waals surface area contributed by atoms with Gasteiger partial charge in [-0.2, -0.15) is 5.10 Å². The third kappa shape index (κ3) is 4.43. The lowest BCUT2D eigenvalue weighted by molar-refractivity contribution is -0.140. The minimum Gasteiger partial charge on any atom is -0.483 e. The molecule has 1 aromatic carbocycles. The number of likely N-dealkylation sites (tertiary alicyclic amines) is 1. The molecule has 0 aliphatic carbocycles. The number of hydrogen-bond donors (Lipinski definition) is 0. The second-order valence-electron chi connectivity index (χ2n) is 8.89. The van der Waals surface area contributed by atoms with Gasteiger partial charge in [0.2, 0.25) is 11.8 Å². The summed E-state index contributed by atoms with van der Waals surface area (Å²) in [6.07, 6.45) is 2.01. The lowest BCUT2D eigenvalue weighted by atomic mass is 9.91. The molecule has 2 amide bonds. The lowest BCUT2D eigenvalue weighted by Crippen LogP contribution is -2.58. The number of benzene rings is 1. The fourth-order valence-corrected chi connectivity index (χ4v) is 4.78. The van der Waals surface area contributed by atoms with E-state index in [1.807, 2.05) is 59.5 Å². The highest BCUT2D eigenvalue weighted by Gasteiger charge is 2.43. The van der Waals surface area contributed by atoms with Crippen molar-refractivity contribution in [3.8, 4) is 5.75 Å². The Balaban J connectivity index is 1.53. The van der Waals surface area contributed by atoms with Crippen molar-refractivity contribution in [2.45, 2.75) is 65.1 Å². The Bertz CT molecular complexity index is 987. The highest BCUT2D eigenvalue weighted by molar-refractivity contribution is 5.77. The minimum absolute atomic E-state index is 0.0220. The highest BCUT2D eigenvalue weighted by atomic mass is 16.5. The molecule has 1 saturated heterocycles. The summed E-state index contributed by atoms with van der Waals surface area (Å²) in [6.45, 7) is 9.55. The van der Waals surface area contributed by atoms with Crippen molar-refractivity contribution in [3.05, 3.63) is 41.5 Å². The summed E-state index contributed by atoms with van der Waals surface area (Å²) >= 11 is 0. The number of ether oxygens (including phenoxy) is 1. The van der Waals surface area contributed by atoms with Crippen molar-refractivity contribution >= 4 is 11.8 Å². The number of piperidine rings is 1. The van der Waals surface area contributed by atoms with Gasteiger partial charge in [-0.3, -0.25) is 9.59 Å². The summed E-state index contributed by atoms with van der Waals surface area (Å²) in [6, 6.07) is 7.80. The molecule has 4 rings (SSSR count). The van der Waals surface area contributed by atoms with E-state index < -0.39 is 5.60 Å². The molecule has 166 valence electrons. The van der Waals surface area contributed by atoms with Crippen molar-refractivity contribution < 1.29 is 14.3 Å². The Hall–Kier alpha value is -2.90. The van der Waals surface area contributed by atoms with E-state index in [1.165, 1.54) is 0 Å². The molecule has 8 nitrogen and oxygen atoms in total. The Morgan fingerprint density at radius 2 is 1.94 bits per heavy atom. The first kappa shape index (κ1) is 21.3. The monoisotopic (exact) mass is 425 g/mol. The fraction of sp³-hybridized carbons (Fsp3) is 0.565. The molecule has 8 heteroatoms. The molecule has 2 aliphatic heterocycles. The molecule has 1 spiro atoms. The van der Waals surface area contributed by atoms with E-state index in [4.69, 9.17) is 4.74 Å². The average molecular weight is 426 g/mol. The van der Waals surface area contributed by atoms with Crippen LogP contribution in [-0.4, -0.2) is 61.6 Å². The number of aromatic nitrogens is 3. The molecule has 0 radical (unpaired) electrons. The third-order valence-electron chi connectivity index (χ3n) is 6.27. The number of para-hydroxylation sites is 1. The van der Waals surface area contributed by atoms with Crippen molar-refractivity contribution in [2.75, 3.05) is 19.6 Å². The molecule has 3 heterocycles. The van der Waals surface area contributed by atoms with Crippen LogP contribution in [0, 0.1) is 13.8 Å². The van der Waals surface area contributed by atoms with Gasteiger partial charge in [-0.05, 0) is 39.7 Å². The number of fused-ring (bicyclic) bond motifs is 1. The molecule has 2 aromatic rings. The maximum absolute atomic E-state index is 13.2. The summed E-state index contributed by atoms with van der Waals surface area (Å²) in [4.78, 5) is 33.6. The largest absolute Gasteiger partial charge is 0.483 e. The first-order valence-electron chi connectivity index (χ1n) is 11.0. The van der Waals surface area contributed by atoms with E-state index in [-0.39, 0.29) is 17.9 Å². The van der Waals surface area contributed by atoms with Crippen LogP contribution in [0.25, 0.3) is 0 Å². The Morgan fingerprint density at radius 3 is 2.65 bits per heavy atom. The van der Waals surface area contributed by atoms with Gasteiger partial charge in [0.25, 0.3) is 0 Å². The average Bonchev–Trinajstić information content (AvgIpc) is 2.97. The van der Waals surface area contributed by atoms with Crippen LogP contribution in [0.3, 0.4) is 0 Å². The molecule has 2 unspecified atom stereocenters. The predicted octanol–water partition coefficient (Wildman–Crippen LogP) is 2.65. The van der Waals surface area contributed by atoms with Gasteiger partial charge in [0.05, 0.1) is 19.1 Å². The summed E-state index contributed by atoms with van der Waals surface area (Å²) < 4.78 is 8.37. The smallest absolute Gasteiger partial charge is 0.224 e. The summed E-state index contributed by atoms with van der Waals surface area (Å²) in [7, 11) is 0. The number of amides is 2. The maximum Gasteiger partial charge on any atom is 0.224 e. The van der Waals surface area contributed by atoms with E-state index in [9.17, 15) is 9.59 Å². The molecule has 1 fully saturated rings. The number of hydrogen-bond acceptors (Lipinski definition) is 5. The topological polar surface area (TPSA) is 80.6 Å². The lowest BCUT2D eigenvalue weighted by Gasteiger charge is -2.43. The second kappa shape index (κ2) is 8.32. The fourth-order valence-electron chi connectivity index (χ4n) is 4.78. The van der Waals surface area contributed by atoms with Crippen LogP contribution in [0.4, 0.5) is 0 Å². The molecule has 2 aliphatic rings. The van der Waals surface area contributed by atoms with Crippen LogP contribution in [0.5, 0.6) is 5.75 Å². The Kier molecular flexibility index (Phi) is 5.73. The van der Waals surface area contributed by atoms with Crippen molar-refractivity contribution in [1.82, 2.24) is 24.6 Å². The van der Waals surface area contributed by atoms with Crippen LogP contribution in [-0.2, 0) is 16.1 Å². The first-order chi connectivity index (χ1) is 14.8. The van der Waals surface area contributed by atoms with Crippen LogP contribution in [0.1, 0.15) is 56.4 Å². The van der Waals surface area contributed by atoms with Crippen LogP contribution in [0.15, 0.2) is 24.3 Å². The third-order valence-corrected chi connectivity index (χ3v) is 6.27. The van der Waals surface area contributed by atoms with Gasteiger partial charge >= 0.3 is 0 Å². The minimum atomic E-state index is -0.588. The van der Waals surface area contributed by atoms with Crippen LogP contribution < -0.4 is 4.74 Å². The van der Waals surface area contributed by atoms with Crippen molar-refractivity contribution in [3.63, 3.8) is 0 Å². The molecule has 0 N–H and O–H groups in total. The van der Waals surface area contributed by atoms with Gasteiger partial charge in [0, 0.05) is 32.0 Å². The summed E-state index contributed by atoms with van der Waals surface area (Å²) in [5, 5.41) is 4.42. The number of carbonyl (C=O) groups excluding carboxylic acids is 2. The second-order valence-corrected chi connectivity index (χ2v) is 8.89. The molecule has 1 aromatic heterocycles. The Morgan fingerprint density at radius 1 is 1.19 bits per heavy atom. The zero-order valence-corrected chi connectivity index (χ0v) is 18.8. The normalized spacial score (nSPS) is 21.9. The number of aryl methyl sites for hydroxylation is 2. The SMILES string of the molecule is CC(=O)N1Cc2ccccc2OC2(CCCN(C(=O)CC(C)n3nc(C)nc3C)C2)C1. The van der Waals surface area contributed by atoms with Gasteiger partial charge in [-0.1, -0.05) is 18.2 Å². The predicted molar refractivity (Wildman–Crippen MR) is 116 cm³/mol. The molecule has 0 saturated carbocycles. The first-order valence-corrected chi connectivity index (χ1v) is 11.0. The van der Waals surface area contributed by atoms with E-state index in [0.717, 1.165) is 30.0 Å². The highest BCUT2D eigenvalue weighted by Crippen LogP contribution is 2.35. The van der Waals surface area contributed by atoms with Gasteiger partial charge in [-0.25, -0.2) is 9.67 Å². The molecular weight excluding hydrogens is 394 g/mol. The van der Waals surface area contributed by atoms with E-state index in [1.54, 1.807) is 6.92 Å². The summed E-state index contributed by atoms with van der Waals surface area (Å²) in [5.41, 5.74) is 0.415. The zero-order chi connectivity index (χ0) is 22.2.